The van der Waals surface area contributed by atoms with Gasteiger partial charge in [-0.05, 0) is 48.7 Å². The predicted octanol–water partition coefficient (Wildman–Crippen LogP) is 5.27. The summed E-state index contributed by atoms with van der Waals surface area (Å²) in [6.45, 7) is 2.10. The summed E-state index contributed by atoms with van der Waals surface area (Å²) in [6, 6.07) is 13.3. The Bertz CT molecular complexity index is 1020. The Labute approximate surface area is 166 Å². The lowest BCUT2D eigenvalue weighted by Crippen LogP contribution is -2.08. The van der Waals surface area contributed by atoms with Crippen LogP contribution >= 0.6 is 15.9 Å². The number of benzene rings is 2. The second-order valence-corrected chi connectivity index (χ2v) is 6.86. The van der Waals surface area contributed by atoms with Crippen LogP contribution in [-0.2, 0) is 4.79 Å². The fourth-order valence-corrected chi connectivity index (χ4v) is 2.91. The first kappa shape index (κ1) is 18.9. The SMILES string of the molecule is CCCCC#CC(=O)Nc1ccc2ncnc(Nc3cccc(Br)c3)c2c1. The molecule has 0 unspecified atom stereocenters. The molecule has 2 N–H and O–H groups in total. The molecule has 27 heavy (non-hydrogen) atoms. The molecule has 0 spiro atoms. The van der Waals surface area contributed by atoms with Crippen molar-refractivity contribution < 1.29 is 4.79 Å². The van der Waals surface area contributed by atoms with E-state index >= 15 is 0 Å². The van der Waals surface area contributed by atoms with Crippen molar-refractivity contribution >= 4 is 49.9 Å². The highest BCUT2D eigenvalue weighted by atomic mass is 79.9. The number of anilines is 3. The largest absolute Gasteiger partial charge is 0.340 e. The van der Waals surface area contributed by atoms with E-state index in [-0.39, 0.29) is 5.91 Å². The van der Waals surface area contributed by atoms with Gasteiger partial charge in [-0.2, -0.15) is 0 Å². The Hall–Kier alpha value is -2.91. The first-order chi connectivity index (χ1) is 13.2. The molecular weight excluding hydrogens is 404 g/mol. The summed E-state index contributed by atoms with van der Waals surface area (Å²) in [7, 11) is 0. The van der Waals surface area contributed by atoms with Gasteiger partial charge in [0, 0.05) is 27.7 Å². The standard InChI is InChI=1S/C21H19BrN4O/c1-2-3-4-5-9-20(27)25-17-10-11-19-18(13-17)21(24-14-23-19)26-16-8-6-7-15(22)12-16/h6-8,10-14H,2-4H2,1H3,(H,25,27)(H,23,24,26). The molecule has 0 saturated heterocycles. The van der Waals surface area contributed by atoms with Crippen LogP contribution in [0.1, 0.15) is 26.2 Å². The quantitative estimate of drug-likeness (QED) is 0.434. The summed E-state index contributed by atoms with van der Waals surface area (Å²) in [6.07, 6.45) is 4.31. The molecular formula is C21H19BrN4O. The topological polar surface area (TPSA) is 66.9 Å². The van der Waals surface area contributed by atoms with Gasteiger partial charge < -0.3 is 10.6 Å². The van der Waals surface area contributed by atoms with Gasteiger partial charge in [0.05, 0.1) is 5.52 Å². The number of hydrogen-bond acceptors (Lipinski definition) is 4. The molecule has 0 aliphatic rings. The molecule has 1 aromatic heterocycles. The van der Waals surface area contributed by atoms with Crippen molar-refractivity contribution in [2.45, 2.75) is 26.2 Å². The smallest absolute Gasteiger partial charge is 0.300 e. The summed E-state index contributed by atoms with van der Waals surface area (Å²) in [5, 5.41) is 6.92. The zero-order valence-corrected chi connectivity index (χ0v) is 16.5. The van der Waals surface area contributed by atoms with E-state index in [9.17, 15) is 4.79 Å². The minimum absolute atomic E-state index is 0.316. The number of carbonyl (C=O) groups is 1. The normalized spacial score (nSPS) is 10.1. The third-order valence-electron chi connectivity index (χ3n) is 3.84. The summed E-state index contributed by atoms with van der Waals surface area (Å²) in [4.78, 5) is 20.6. The monoisotopic (exact) mass is 422 g/mol. The Balaban J connectivity index is 1.83. The van der Waals surface area contributed by atoms with Crippen LogP contribution in [0.5, 0.6) is 0 Å². The fourth-order valence-electron chi connectivity index (χ4n) is 2.51. The van der Waals surface area contributed by atoms with Crippen molar-refractivity contribution in [3.05, 3.63) is 53.3 Å². The van der Waals surface area contributed by atoms with Crippen molar-refractivity contribution in [1.29, 1.82) is 0 Å². The molecule has 3 aromatic rings. The highest BCUT2D eigenvalue weighted by Crippen LogP contribution is 2.26. The Morgan fingerprint density at radius 2 is 2.04 bits per heavy atom. The summed E-state index contributed by atoms with van der Waals surface area (Å²) in [5.41, 5.74) is 2.35. The highest BCUT2D eigenvalue weighted by Gasteiger charge is 2.07. The van der Waals surface area contributed by atoms with E-state index in [0.717, 1.165) is 40.3 Å². The van der Waals surface area contributed by atoms with Gasteiger partial charge in [0.1, 0.15) is 12.1 Å². The molecule has 2 aromatic carbocycles. The molecule has 0 atom stereocenters. The predicted molar refractivity (Wildman–Crippen MR) is 113 cm³/mol. The van der Waals surface area contributed by atoms with Crippen LogP contribution < -0.4 is 10.6 Å². The van der Waals surface area contributed by atoms with Gasteiger partial charge in [0.15, 0.2) is 0 Å². The molecule has 0 aliphatic carbocycles. The maximum atomic E-state index is 12.0. The van der Waals surface area contributed by atoms with Crippen LogP contribution in [-0.4, -0.2) is 15.9 Å². The van der Waals surface area contributed by atoms with E-state index in [4.69, 9.17) is 0 Å². The van der Waals surface area contributed by atoms with E-state index < -0.39 is 0 Å². The first-order valence-corrected chi connectivity index (χ1v) is 9.52. The third-order valence-corrected chi connectivity index (χ3v) is 4.33. The number of carbonyl (C=O) groups excluding carboxylic acids is 1. The van der Waals surface area contributed by atoms with Crippen LogP contribution in [0.3, 0.4) is 0 Å². The molecule has 0 aliphatic heterocycles. The zero-order valence-electron chi connectivity index (χ0n) is 14.9. The molecule has 0 fully saturated rings. The number of fused-ring (bicyclic) bond motifs is 1. The van der Waals surface area contributed by atoms with Crippen molar-refractivity contribution in [3.63, 3.8) is 0 Å². The van der Waals surface area contributed by atoms with E-state index in [0.29, 0.717) is 11.5 Å². The average Bonchev–Trinajstić information content (AvgIpc) is 2.66. The molecule has 6 heteroatoms. The molecule has 0 bridgehead atoms. The minimum atomic E-state index is -0.316. The van der Waals surface area contributed by atoms with Gasteiger partial charge in [-0.1, -0.05) is 41.3 Å². The lowest BCUT2D eigenvalue weighted by Gasteiger charge is -2.10. The number of halogens is 1. The zero-order chi connectivity index (χ0) is 19.1. The van der Waals surface area contributed by atoms with Gasteiger partial charge in [-0.3, -0.25) is 4.79 Å². The summed E-state index contributed by atoms with van der Waals surface area (Å²) in [5.74, 6) is 5.87. The van der Waals surface area contributed by atoms with Gasteiger partial charge in [0.2, 0.25) is 0 Å². The van der Waals surface area contributed by atoms with E-state index in [1.54, 1.807) is 0 Å². The maximum absolute atomic E-state index is 12.0. The lowest BCUT2D eigenvalue weighted by atomic mass is 10.2. The third kappa shape index (κ3) is 5.28. The first-order valence-electron chi connectivity index (χ1n) is 8.73. The number of nitrogens with one attached hydrogen (secondary N) is 2. The van der Waals surface area contributed by atoms with E-state index in [1.165, 1.54) is 6.33 Å². The molecule has 0 radical (unpaired) electrons. The Morgan fingerprint density at radius 3 is 2.85 bits per heavy atom. The number of nitrogens with zero attached hydrogens (tertiary/aromatic N) is 2. The summed E-state index contributed by atoms with van der Waals surface area (Å²) < 4.78 is 0.973. The van der Waals surface area contributed by atoms with Crippen LogP contribution in [0.15, 0.2) is 53.3 Å². The van der Waals surface area contributed by atoms with Gasteiger partial charge in [-0.25, -0.2) is 9.97 Å². The van der Waals surface area contributed by atoms with Gasteiger partial charge >= 0.3 is 0 Å². The van der Waals surface area contributed by atoms with Crippen molar-refractivity contribution in [2.24, 2.45) is 0 Å². The number of amides is 1. The molecule has 3 rings (SSSR count). The molecule has 1 amide bonds. The van der Waals surface area contributed by atoms with E-state index in [1.807, 2.05) is 42.5 Å². The molecule has 0 saturated carbocycles. The number of rotatable bonds is 5. The second-order valence-electron chi connectivity index (χ2n) is 5.95. The number of aromatic nitrogens is 2. The van der Waals surface area contributed by atoms with Crippen molar-refractivity contribution in [2.75, 3.05) is 10.6 Å². The van der Waals surface area contributed by atoms with Gasteiger partial charge in [-0.15, -0.1) is 0 Å². The maximum Gasteiger partial charge on any atom is 0.300 e. The minimum Gasteiger partial charge on any atom is -0.340 e. The van der Waals surface area contributed by atoms with Crippen LogP contribution in [0.25, 0.3) is 10.9 Å². The van der Waals surface area contributed by atoms with Crippen molar-refractivity contribution in [1.82, 2.24) is 9.97 Å². The van der Waals surface area contributed by atoms with Crippen LogP contribution in [0.2, 0.25) is 0 Å². The molecule has 1 heterocycles. The number of unbranched alkanes of at least 4 members (excludes halogenated alkanes) is 2. The Morgan fingerprint density at radius 1 is 1.15 bits per heavy atom. The number of hydrogen-bond donors (Lipinski definition) is 2. The van der Waals surface area contributed by atoms with E-state index in [2.05, 4.69) is 55.3 Å². The van der Waals surface area contributed by atoms with Gasteiger partial charge in [0.25, 0.3) is 5.91 Å². The van der Waals surface area contributed by atoms with Crippen molar-refractivity contribution in [3.8, 4) is 11.8 Å². The molecule has 5 nitrogen and oxygen atoms in total. The van der Waals surface area contributed by atoms with Crippen LogP contribution in [0, 0.1) is 11.8 Å². The average molecular weight is 423 g/mol. The second kappa shape index (κ2) is 9.15. The van der Waals surface area contributed by atoms with Crippen LogP contribution in [0.4, 0.5) is 17.2 Å². The summed E-state index contributed by atoms with van der Waals surface area (Å²) >= 11 is 3.46. The fraction of sp³-hybridized carbons (Fsp3) is 0.190. The lowest BCUT2D eigenvalue weighted by molar-refractivity contribution is -0.111. The molecule has 136 valence electrons. The Kier molecular flexibility index (Phi) is 6.39. The highest BCUT2D eigenvalue weighted by molar-refractivity contribution is 9.10.